The number of benzene rings is 2. The van der Waals surface area contributed by atoms with E-state index in [2.05, 4.69) is 52.0 Å². The van der Waals surface area contributed by atoms with E-state index < -0.39 is 0 Å². The third kappa shape index (κ3) is 6.37. The molecule has 2 aromatic carbocycles. The molecule has 1 aromatic heterocycles. The number of rotatable bonds is 7. The minimum Gasteiger partial charge on any atom is -0.309 e. The average Bonchev–Trinajstić information content (AvgIpc) is 3.15. The lowest BCUT2D eigenvalue weighted by Gasteiger charge is -2.21. The Morgan fingerprint density at radius 1 is 1.03 bits per heavy atom. The van der Waals surface area contributed by atoms with Crippen molar-refractivity contribution in [1.29, 1.82) is 0 Å². The Balaban J connectivity index is 0.00000300. The first-order chi connectivity index (χ1) is 13.4. The Kier molecular flexibility index (Phi) is 8.83. The van der Waals surface area contributed by atoms with Crippen molar-refractivity contribution in [2.75, 3.05) is 32.1 Å². The van der Waals surface area contributed by atoms with Gasteiger partial charge in [0.15, 0.2) is 5.13 Å². The molecule has 4 nitrogen and oxygen atoms in total. The number of anilines is 1. The fourth-order valence-corrected chi connectivity index (χ4v) is 3.95. The van der Waals surface area contributed by atoms with E-state index in [1.54, 1.807) is 4.90 Å². The fourth-order valence-electron chi connectivity index (χ4n) is 2.82. The normalized spacial score (nSPS) is 10.7. The van der Waals surface area contributed by atoms with Crippen LogP contribution in [-0.2, 0) is 0 Å². The molecule has 3 aromatic rings. The first kappa shape index (κ1) is 23.5. The van der Waals surface area contributed by atoms with Crippen molar-refractivity contribution in [3.8, 4) is 11.3 Å². The maximum atomic E-state index is 13.2. The summed E-state index contributed by atoms with van der Waals surface area (Å²) >= 11 is 4.94. The molecule has 0 unspecified atom stereocenters. The number of nitrogens with zero attached hydrogens (tertiary/aromatic N) is 3. The van der Waals surface area contributed by atoms with Crippen LogP contribution in [0.15, 0.2) is 58.4 Å². The highest BCUT2D eigenvalue weighted by Gasteiger charge is 2.21. The van der Waals surface area contributed by atoms with E-state index in [1.165, 1.54) is 16.9 Å². The molecular formula is C22H25BrClN3OS. The SMILES string of the molecule is Cc1ccc(-c2csc(N(CCCN(C)C)C(=O)c3ccc(Br)cc3)n2)cc1.Cl. The lowest BCUT2D eigenvalue weighted by atomic mass is 10.1. The van der Waals surface area contributed by atoms with Gasteiger partial charge >= 0.3 is 0 Å². The van der Waals surface area contributed by atoms with Gasteiger partial charge in [-0.2, -0.15) is 0 Å². The topological polar surface area (TPSA) is 36.4 Å². The molecule has 1 heterocycles. The predicted octanol–water partition coefficient (Wildman–Crippen LogP) is 5.90. The largest absolute Gasteiger partial charge is 0.309 e. The van der Waals surface area contributed by atoms with E-state index in [0.29, 0.717) is 12.1 Å². The summed E-state index contributed by atoms with van der Waals surface area (Å²) in [5, 5.41) is 2.76. The number of halogens is 2. The first-order valence-corrected chi connectivity index (χ1v) is 10.9. The van der Waals surface area contributed by atoms with Crippen LogP contribution < -0.4 is 4.90 Å². The predicted molar refractivity (Wildman–Crippen MR) is 129 cm³/mol. The summed E-state index contributed by atoms with van der Waals surface area (Å²) in [5.74, 6) is -0.0175. The van der Waals surface area contributed by atoms with Crippen LogP contribution in [0, 0.1) is 6.92 Å². The number of thiazole rings is 1. The molecule has 0 aliphatic rings. The Labute approximate surface area is 191 Å². The van der Waals surface area contributed by atoms with Crippen molar-refractivity contribution in [2.24, 2.45) is 0 Å². The Hall–Kier alpha value is -1.73. The molecule has 1 amide bonds. The molecule has 0 saturated carbocycles. The van der Waals surface area contributed by atoms with Crippen molar-refractivity contribution < 1.29 is 4.79 Å². The second-order valence-corrected chi connectivity index (χ2v) is 8.75. The molecule has 0 bridgehead atoms. The van der Waals surface area contributed by atoms with Gasteiger partial charge in [-0.15, -0.1) is 23.7 Å². The highest BCUT2D eigenvalue weighted by atomic mass is 79.9. The molecule has 3 rings (SSSR count). The Morgan fingerprint density at radius 2 is 1.69 bits per heavy atom. The Morgan fingerprint density at radius 3 is 2.31 bits per heavy atom. The van der Waals surface area contributed by atoms with E-state index in [1.807, 2.05) is 43.7 Å². The zero-order chi connectivity index (χ0) is 20.1. The third-order valence-corrected chi connectivity index (χ3v) is 5.79. The highest BCUT2D eigenvalue weighted by molar-refractivity contribution is 9.10. The van der Waals surface area contributed by atoms with Crippen LogP contribution in [-0.4, -0.2) is 43.0 Å². The third-order valence-electron chi connectivity index (χ3n) is 4.39. The first-order valence-electron chi connectivity index (χ1n) is 9.19. The summed E-state index contributed by atoms with van der Waals surface area (Å²) in [4.78, 5) is 21.9. The number of aryl methyl sites for hydroxylation is 1. The lowest BCUT2D eigenvalue weighted by Crippen LogP contribution is -2.33. The zero-order valence-corrected chi connectivity index (χ0v) is 20.0. The summed E-state index contributed by atoms with van der Waals surface area (Å²) in [6.45, 7) is 3.62. The van der Waals surface area contributed by atoms with Crippen molar-refractivity contribution in [3.63, 3.8) is 0 Å². The molecule has 0 N–H and O–H groups in total. The molecule has 0 aliphatic carbocycles. The maximum Gasteiger partial charge on any atom is 0.260 e. The van der Waals surface area contributed by atoms with Crippen molar-refractivity contribution in [2.45, 2.75) is 13.3 Å². The fraction of sp³-hybridized carbons (Fsp3) is 0.273. The van der Waals surface area contributed by atoms with E-state index in [-0.39, 0.29) is 18.3 Å². The smallest absolute Gasteiger partial charge is 0.260 e. The van der Waals surface area contributed by atoms with Crippen LogP contribution in [0.5, 0.6) is 0 Å². The molecule has 0 fully saturated rings. The van der Waals surface area contributed by atoms with Gasteiger partial charge in [0.2, 0.25) is 0 Å². The second-order valence-electron chi connectivity index (χ2n) is 7.00. The highest BCUT2D eigenvalue weighted by Crippen LogP contribution is 2.29. The number of amides is 1. The van der Waals surface area contributed by atoms with Crippen molar-refractivity contribution >= 4 is 50.7 Å². The summed E-state index contributed by atoms with van der Waals surface area (Å²) in [7, 11) is 4.08. The van der Waals surface area contributed by atoms with Crippen LogP contribution in [0.1, 0.15) is 22.3 Å². The quantitative estimate of drug-likeness (QED) is 0.410. The summed E-state index contributed by atoms with van der Waals surface area (Å²) in [6.07, 6.45) is 0.884. The van der Waals surface area contributed by atoms with Crippen LogP contribution in [0.3, 0.4) is 0 Å². The van der Waals surface area contributed by atoms with Gasteiger partial charge in [-0.25, -0.2) is 4.98 Å². The number of hydrogen-bond donors (Lipinski definition) is 0. The van der Waals surface area contributed by atoms with Crippen LogP contribution in [0.4, 0.5) is 5.13 Å². The van der Waals surface area contributed by atoms with Crippen LogP contribution in [0.25, 0.3) is 11.3 Å². The van der Waals surface area contributed by atoms with Gasteiger partial charge in [0.1, 0.15) is 0 Å². The van der Waals surface area contributed by atoms with Crippen LogP contribution >= 0.6 is 39.7 Å². The number of carbonyl (C=O) groups excluding carboxylic acids is 1. The van der Waals surface area contributed by atoms with Crippen molar-refractivity contribution in [3.05, 3.63) is 69.5 Å². The molecule has 154 valence electrons. The number of hydrogen-bond acceptors (Lipinski definition) is 4. The van der Waals surface area contributed by atoms with Gasteiger partial charge in [0.05, 0.1) is 5.69 Å². The van der Waals surface area contributed by atoms with E-state index in [9.17, 15) is 4.79 Å². The van der Waals surface area contributed by atoms with E-state index in [0.717, 1.165) is 33.8 Å². The zero-order valence-electron chi connectivity index (χ0n) is 16.8. The molecule has 0 spiro atoms. The van der Waals surface area contributed by atoms with Crippen LogP contribution in [0.2, 0.25) is 0 Å². The van der Waals surface area contributed by atoms with Gasteiger partial charge in [-0.1, -0.05) is 45.8 Å². The Bertz CT molecular complexity index is 926. The molecule has 29 heavy (non-hydrogen) atoms. The maximum absolute atomic E-state index is 13.2. The van der Waals surface area contributed by atoms with Gasteiger partial charge < -0.3 is 4.90 Å². The summed E-state index contributed by atoms with van der Waals surface area (Å²) in [6, 6.07) is 15.8. The molecule has 0 atom stereocenters. The molecule has 0 radical (unpaired) electrons. The van der Waals surface area contributed by atoms with Crippen molar-refractivity contribution in [1.82, 2.24) is 9.88 Å². The van der Waals surface area contributed by atoms with Gasteiger partial charge in [0, 0.05) is 27.5 Å². The standard InChI is InChI=1S/C22H24BrN3OS.ClH/c1-16-5-7-17(8-6-16)20-15-28-22(24-20)26(14-4-13-25(2)3)21(27)18-9-11-19(23)12-10-18;/h5-12,15H,4,13-14H2,1-3H3;1H. The number of aromatic nitrogens is 1. The van der Waals surface area contributed by atoms with E-state index in [4.69, 9.17) is 4.98 Å². The lowest BCUT2D eigenvalue weighted by molar-refractivity contribution is 0.0986. The average molecular weight is 495 g/mol. The minimum atomic E-state index is -0.0175. The second kappa shape index (κ2) is 10.9. The molecule has 7 heteroatoms. The van der Waals surface area contributed by atoms with E-state index >= 15 is 0 Å². The van der Waals surface area contributed by atoms with Gasteiger partial charge in [-0.05, 0) is 58.3 Å². The van der Waals surface area contributed by atoms with Gasteiger partial charge in [-0.3, -0.25) is 9.69 Å². The molecular weight excluding hydrogens is 470 g/mol. The number of carbonyl (C=O) groups is 1. The monoisotopic (exact) mass is 493 g/mol. The summed E-state index contributed by atoms with van der Waals surface area (Å²) in [5.41, 5.74) is 3.86. The van der Waals surface area contributed by atoms with Gasteiger partial charge in [0.25, 0.3) is 5.91 Å². The molecule has 0 saturated heterocycles. The molecule has 0 aliphatic heterocycles. The minimum absolute atomic E-state index is 0. The summed E-state index contributed by atoms with van der Waals surface area (Å²) < 4.78 is 0.958.